The Bertz CT molecular complexity index is 461. The Morgan fingerprint density at radius 3 is 2.44 bits per heavy atom. The normalized spacial score (nSPS) is 26.8. The largest absolute Gasteiger partial charge is 0.469 e. The van der Waals surface area contributed by atoms with Gasteiger partial charge in [-0.15, -0.1) is 0 Å². The van der Waals surface area contributed by atoms with Crippen LogP contribution >= 0.6 is 0 Å². The lowest BCUT2D eigenvalue weighted by Crippen LogP contribution is -2.33. The van der Waals surface area contributed by atoms with Crippen LogP contribution in [0.2, 0.25) is 0 Å². The number of hydrogen-bond acceptors (Lipinski definition) is 5. The summed E-state index contributed by atoms with van der Waals surface area (Å²) in [6.07, 6.45) is 2.52. The molecule has 5 nitrogen and oxygen atoms in total. The standard InChI is InChI=1S/C12H20O5S/c1-8-7-12(2,3)9(6-10(13)16-4)11(8)17-18(5,14)15/h7,9,11H,6H2,1-5H3. The second-order valence-corrected chi connectivity index (χ2v) is 6.92. The monoisotopic (exact) mass is 276 g/mol. The third-order valence-electron chi connectivity index (χ3n) is 3.26. The van der Waals surface area contributed by atoms with Gasteiger partial charge >= 0.3 is 5.97 Å². The Kier molecular flexibility index (Phi) is 4.23. The fourth-order valence-corrected chi connectivity index (χ4v) is 3.11. The van der Waals surface area contributed by atoms with Crippen LogP contribution in [0.15, 0.2) is 11.6 Å². The molecule has 0 N–H and O–H groups in total. The number of carbonyl (C=O) groups excluding carboxylic acids is 1. The molecule has 0 aromatic heterocycles. The van der Waals surface area contributed by atoms with Crippen molar-refractivity contribution in [3.05, 3.63) is 11.6 Å². The van der Waals surface area contributed by atoms with E-state index in [0.717, 1.165) is 11.8 Å². The van der Waals surface area contributed by atoms with Crippen LogP contribution in [0.1, 0.15) is 27.2 Å². The van der Waals surface area contributed by atoms with Crippen LogP contribution in [0, 0.1) is 11.3 Å². The van der Waals surface area contributed by atoms with Gasteiger partial charge in [0.1, 0.15) is 6.10 Å². The van der Waals surface area contributed by atoms with Gasteiger partial charge in [-0.2, -0.15) is 8.42 Å². The van der Waals surface area contributed by atoms with E-state index in [4.69, 9.17) is 4.18 Å². The lowest BCUT2D eigenvalue weighted by atomic mass is 9.79. The molecule has 0 aromatic carbocycles. The molecule has 0 saturated heterocycles. The van der Waals surface area contributed by atoms with Crippen molar-refractivity contribution in [3.63, 3.8) is 0 Å². The van der Waals surface area contributed by atoms with E-state index in [1.807, 2.05) is 26.8 Å². The highest BCUT2D eigenvalue weighted by molar-refractivity contribution is 7.86. The van der Waals surface area contributed by atoms with Gasteiger partial charge in [0.15, 0.2) is 0 Å². The zero-order valence-electron chi connectivity index (χ0n) is 11.4. The summed E-state index contributed by atoms with van der Waals surface area (Å²) < 4.78 is 32.3. The van der Waals surface area contributed by atoms with Crippen molar-refractivity contribution in [1.29, 1.82) is 0 Å². The van der Waals surface area contributed by atoms with E-state index in [-0.39, 0.29) is 23.7 Å². The highest BCUT2D eigenvalue weighted by Gasteiger charge is 2.44. The number of carbonyl (C=O) groups is 1. The Balaban J connectivity index is 2.98. The lowest BCUT2D eigenvalue weighted by Gasteiger charge is -2.29. The van der Waals surface area contributed by atoms with E-state index in [1.54, 1.807) is 0 Å². The third kappa shape index (κ3) is 3.55. The molecule has 1 rings (SSSR count). The van der Waals surface area contributed by atoms with Crippen molar-refractivity contribution in [3.8, 4) is 0 Å². The van der Waals surface area contributed by atoms with Crippen molar-refractivity contribution < 1.29 is 22.1 Å². The maximum absolute atomic E-state index is 11.4. The van der Waals surface area contributed by atoms with Crippen LogP contribution < -0.4 is 0 Å². The number of hydrogen-bond donors (Lipinski definition) is 0. The molecule has 104 valence electrons. The van der Waals surface area contributed by atoms with Gasteiger partial charge in [0.2, 0.25) is 0 Å². The van der Waals surface area contributed by atoms with Gasteiger partial charge in [0.05, 0.1) is 19.8 Å². The molecule has 1 aliphatic rings. The molecule has 0 fully saturated rings. The van der Waals surface area contributed by atoms with Crippen LogP contribution in [0.3, 0.4) is 0 Å². The summed E-state index contributed by atoms with van der Waals surface area (Å²) >= 11 is 0. The van der Waals surface area contributed by atoms with Crippen LogP contribution in [0.5, 0.6) is 0 Å². The van der Waals surface area contributed by atoms with Crippen molar-refractivity contribution in [2.24, 2.45) is 11.3 Å². The first kappa shape index (κ1) is 15.2. The minimum atomic E-state index is -3.56. The molecule has 2 atom stereocenters. The quantitative estimate of drug-likeness (QED) is 0.442. The molecular weight excluding hydrogens is 256 g/mol. The highest BCUT2D eigenvalue weighted by Crippen LogP contribution is 2.44. The lowest BCUT2D eigenvalue weighted by molar-refractivity contribution is -0.143. The molecule has 0 amide bonds. The second kappa shape index (κ2) is 5.01. The number of ether oxygens (including phenoxy) is 1. The number of rotatable bonds is 4. The maximum atomic E-state index is 11.4. The zero-order chi connectivity index (χ0) is 14.1. The van der Waals surface area contributed by atoms with E-state index < -0.39 is 16.2 Å². The predicted molar refractivity (Wildman–Crippen MR) is 67.4 cm³/mol. The predicted octanol–water partition coefficient (Wildman–Crippen LogP) is 1.50. The minimum absolute atomic E-state index is 0.136. The molecule has 0 radical (unpaired) electrons. The molecule has 0 spiro atoms. The first-order valence-electron chi connectivity index (χ1n) is 5.71. The first-order chi connectivity index (χ1) is 8.07. The molecule has 1 aliphatic carbocycles. The molecule has 0 saturated carbocycles. The van der Waals surface area contributed by atoms with E-state index in [9.17, 15) is 13.2 Å². The van der Waals surface area contributed by atoms with Gasteiger partial charge in [0.25, 0.3) is 10.1 Å². The van der Waals surface area contributed by atoms with Gasteiger partial charge in [-0.3, -0.25) is 8.98 Å². The summed E-state index contributed by atoms with van der Waals surface area (Å²) in [5.41, 5.74) is 0.535. The smallest absolute Gasteiger partial charge is 0.305 e. The molecule has 6 heteroatoms. The molecule has 0 aliphatic heterocycles. The number of allylic oxidation sites excluding steroid dienone is 1. The molecule has 2 unspecified atom stereocenters. The van der Waals surface area contributed by atoms with Gasteiger partial charge in [-0.25, -0.2) is 0 Å². The summed E-state index contributed by atoms with van der Waals surface area (Å²) in [6.45, 7) is 5.72. The van der Waals surface area contributed by atoms with Crippen molar-refractivity contribution >= 4 is 16.1 Å². The Labute approximate surface area is 108 Å². The minimum Gasteiger partial charge on any atom is -0.469 e. The Morgan fingerprint density at radius 1 is 1.44 bits per heavy atom. The van der Waals surface area contributed by atoms with Crippen LogP contribution in [-0.4, -0.2) is 33.9 Å². The van der Waals surface area contributed by atoms with E-state index in [0.29, 0.717) is 0 Å². The topological polar surface area (TPSA) is 69.7 Å². The fourth-order valence-electron chi connectivity index (χ4n) is 2.45. The summed E-state index contributed by atoms with van der Waals surface area (Å²) in [5.74, 6) is -0.599. The van der Waals surface area contributed by atoms with E-state index in [2.05, 4.69) is 4.74 Å². The second-order valence-electron chi connectivity index (χ2n) is 5.32. The van der Waals surface area contributed by atoms with E-state index in [1.165, 1.54) is 7.11 Å². The fraction of sp³-hybridized carbons (Fsp3) is 0.750. The molecule has 0 aromatic rings. The maximum Gasteiger partial charge on any atom is 0.305 e. The summed E-state index contributed by atoms with van der Waals surface area (Å²) in [7, 11) is -2.24. The van der Waals surface area contributed by atoms with Crippen molar-refractivity contribution in [1.82, 2.24) is 0 Å². The molecule has 18 heavy (non-hydrogen) atoms. The van der Waals surface area contributed by atoms with Crippen LogP contribution in [0.25, 0.3) is 0 Å². The summed E-state index contributed by atoms with van der Waals surface area (Å²) in [4.78, 5) is 11.4. The average molecular weight is 276 g/mol. The molecular formula is C12H20O5S. The first-order valence-corrected chi connectivity index (χ1v) is 7.53. The average Bonchev–Trinajstić information content (AvgIpc) is 2.38. The van der Waals surface area contributed by atoms with Crippen molar-refractivity contribution in [2.75, 3.05) is 13.4 Å². The van der Waals surface area contributed by atoms with Crippen molar-refractivity contribution in [2.45, 2.75) is 33.3 Å². The molecule has 0 heterocycles. The number of methoxy groups -OCH3 is 1. The zero-order valence-corrected chi connectivity index (χ0v) is 12.2. The van der Waals surface area contributed by atoms with Gasteiger partial charge < -0.3 is 4.74 Å². The van der Waals surface area contributed by atoms with Gasteiger partial charge in [-0.05, 0) is 17.9 Å². The van der Waals surface area contributed by atoms with Gasteiger partial charge in [0, 0.05) is 5.92 Å². The Hall–Kier alpha value is -0.880. The summed E-state index contributed by atoms with van der Waals surface area (Å²) in [6, 6.07) is 0. The van der Waals surface area contributed by atoms with Gasteiger partial charge in [-0.1, -0.05) is 19.9 Å². The summed E-state index contributed by atoms with van der Waals surface area (Å²) in [5, 5.41) is 0. The highest BCUT2D eigenvalue weighted by atomic mass is 32.2. The van der Waals surface area contributed by atoms with Crippen LogP contribution in [-0.2, 0) is 23.8 Å². The SMILES string of the molecule is COC(=O)CC1C(OS(C)(=O)=O)C(C)=CC1(C)C. The molecule has 0 bridgehead atoms. The van der Waals surface area contributed by atoms with Crippen LogP contribution in [0.4, 0.5) is 0 Å². The van der Waals surface area contributed by atoms with E-state index >= 15 is 0 Å². The Morgan fingerprint density at radius 2 is 2.00 bits per heavy atom. The third-order valence-corrected chi connectivity index (χ3v) is 3.82. The number of esters is 1.